The average Bonchev–Trinajstić information content (AvgIpc) is 2.29. The number of likely N-dealkylation sites (N-methyl/N-ethyl adjacent to an activating group) is 1. The van der Waals surface area contributed by atoms with Gasteiger partial charge in [-0.3, -0.25) is 0 Å². The number of nitrogens with one attached hydrogen (secondary N) is 1. The molecule has 0 saturated carbocycles. The molecule has 0 bridgehead atoms. The minimum atomic E-state index is 0.295. The Labute approximate surface area is 96.4 Å². The van der Waals surface area contributed by atoms with Crippen molar-refractivity contribution >= 4 is 11.8 Å². The second-order valence-corrected chi connectivity index (χ2v) is 4.16. The second kappa shape index (κ2) is 6.88. The molecule has 1 aromatic carbocycles. The number of thioether (sulfide) groups is 1. The molecule has 1 N–H and O–H groups in total. The molecular weight excluding hydrogens is 206 g/mol. The average molecular weight is 225 g/mol. The molecule has 0 spiro atoms. The van der Waals surface area contributed by atoms with Gasteiger partial charge in [0.2, 0.25) is 0 Å². The Morgan fingerprint density at radius 2 is 2.13 bits per heavy atom. The molecule has 0 aliphatic heterocycles. The molecule has 3 heteroatoms. The van der Waals surface area contributed by atoms with E-state index in [-0.39, 0.29) is 0 Å². The number of ether oxygens (including phenoxy) is 1. The van der Waals surface area contributed by atoms with Crippen LogP contribution in [-0.4, -0.2) is 26.5 Å². The number of benzene rings is 1. The van der Waals surface area contributed by atoms with E-state index in [2.05, 4.69) is 42.8 Å². The number of rotatable bonds is 6. The third kappa shape index (κ3) is 3.52. The van der Waals surface area contributed by atoms with Crippen molar-refractivity contribution in [3.8, 4) is 0 Å². The van der Waals surface area contributed by atoms with Crippen LogP contribution in [0.25, 0.3) is 0 Å². The molecule has 0 aliphatic carbocycles. The van der Waals surface area contributed by atoms with Crippen LogP contribution >= 0.6 is 11.8 Å². The fraction of sp³-hybridized carbons (Fsp3) is 0.500. The lowest BCUT2D eigenvalue weighted by Crippen LogP contribution is -2.25. The van der Waals surface area contributed by atoms with Crippen LogP contribution < -0.4 is 5.32 Å². The lowest BCUT2D eigenvalue weighted by atomic mass is 10.1. The van der Waals surface area contributed by atoms with Gasteiger partial charge in [-0.1, -0.05) is 25.1 Å². The molecule has 0 aliphatic rings. The molecular formula is C12H19NOS. The molecule has 0 fully saturated rings. The first kappa shape index (κ1) is 12.6. The summed E-state index contributed by atoms with van der Waals surface area (Å²) < 4.78 is 5.24. The second-order valence-electron chi connectivity index (χ2n) is 3.31. The van der Waals surface area contributed by atoms with Crippen molar-refractivity contribution in [1.29, 1.82) is 0 Å². The largest absolute Gasteiger partial charge is 0.383 e. The summed E-state index contributed by atoms with van der Waals surface area (Å²) in [4.78, 5) is 1.32. The van der Waals surface area contributed by atoms with Crippen LogP contribution in [0, 0.1) is 0 Å². The normalized spacial score (nSPS) is 12.7. The summed E-state index contributed by atoms with van der Waals surface area (Å²) >= 11 is 1.78. The highest BCUT2D eigenvalue weighted by Gasteiger charge is 2.12. The Bertz CT molecular complexity index is 285. The topological polar surface area (TPSA) is 21.3 Å². The van der Waals surface area contributed by atoms with Crippen molar-refractivity contribution in [1.82, 2.24) is 5.32 Å². The molecule has 0 saturated heterocycles. The summed E-state index contributed by atoms with van der Waals surface area (Å²) in [5.74, 6) is 0. The molecule has 15 heavy (non-hydrogen) atoms. The Morgan fingerprint density at radius 3 is 2.73 bits per heavy atom. The van der Waals surface area contributed by atoms with Gasteiger partial charge in [0.15, 0.2) is 0 Å². The van der Waals surface area contributed by atoms with Crippen molar-refractivity contribution in [3.05, 3.63) is 29.8 Å². The van der Waals surface area contributed by atoms with Crippen molar-refractivity contribution in [3.63, 3.8) is 0 Å². The molecule has 84 valence electrons. The van der Waals surface area contributed by atoms with Crippen LogP contribution in [0.4, 0.5) is 0 Å². The van der Waals surface area contributed by atoms with Gasteiger partial charge in [-0.2, -0.15) is 0 Å². The van der Waals surface area contributed by atoms with E-state index in [4.69, 9.17) is 4.74 Å². The van der Waals surface area contributed by atoms with E-state index in [1.807, 2.05) is 0 Å². The van der Waals surface area contributed by atoms with Gasteiger partial charge in [-0.15, -0.1) is 11.8 Å². The maximum absolute atomic E-state index is 5.24. The van der Waals surface area contributed by atoms with Crippen LogP contribution in [-0.2, 0) is 4.74 Å². The van der Waals surface area contributed by atoms with Crippen molar-refractivity contribution in [2.45, 2.75) is 17.9 Å². The van der Waals surface area contributed by atoms with E-state index in [1.54, 1.807) is 18.9 Å². The summed E-state index contributed by atoms with van der Waals surface area (Å²) in [6.45, 7) is 3.78. The molecule has 0 radical (unpaired) electrons. The first-order chi connectivity index (χ1) is 7.33. The van der Waals surface area contributed by atoms with Gasteiger partial charge in [-0.05, 0) is 24.4 Å². The van der Waals surface area contributed by atoms with E-state index in [0.29, 0.717) is 12.6 Å². The molecule has 1 atom stereocenters. The van der Waals surface area contributed by atoms with E-state index in [9.17, 15) is 0 Å². The monoisotopic (exact) mass is 225 g/mol. The number of methoxy groups -OCH3 is 1. The molecule has 1 rings (SSSR count). The zero-order chi connectivity index (χ0) is 11.1. The Morgan fingerprint density at radius 1 is 1.40 bits per heavy atom. The molecule has 1 aromatic rings. The maximum Gasteiger partial charge on any atom is 0.0658 e. The summed E-state index contributed by atoms with van der Waals surface area (Å²) in [6.07, 6.45) is 2.11. The predicted molar refractivity (Wildman–Crippen MR) is 66.5 cm³/mol. The number of hydrogen-bond acceptors (Lipinski definition) is 3. The van der Waals surface area contributed by atoms with Gasteiger partial charge < -0.3 is 10.1 Å². The fourth-order valence-corrected chi connectivity index (χ4v) is 2.29. The quantitative estimate of drug-likeness (QED) is 0.752. The first-order valence-electron chi connectivity index (χ1n) is 5.18. The molecule has 1 unspecified atom stereocenters. The highest BCUT2D eigenvalue weighted by molar-refractivity contribution is 7.98. The zero-order valence-electron chi connectivity index (χ0n) is 9.62. The van der Waals surface area contributed by atoms with E-state index >= 15 is 0 Å². The van der Waals surface area contributed by atoms with Gasteiger partial charge in [0.05, 0.1) is 12.6 Å². The van der Waals surface area contributed by atoms with Crippen molar-refractivity contribution < 1.29 is 4.74 Å². The third-order valence-electron chi connectivity index (χ3n) is 2.30. The summed E-state index contributed by atoms with van der Waals surface area (Å²) in [5, 5.41) is 3.44. The van der Waals surface area contributed by atoms with Gasteiger partial charge in [0.1, 0.15) is 0 Å². The van der Waals surface area contributed by atoms with Crippen LogP contribution in [0.1, 0.15) is 18.5 Å². The smallest absolute Gasteiger partial charge is 0.0658 e. The van der Waals surface area contributed by atoms with Crippen LogP contribution in [0.2, 0.25) is 0 Å². The first-order valence-corrected chi connectivity index (χ1v) is 6.41. The van der Waals surface area contributed by atoms with Gasteiger partial charge in [-0.25, -0.2) is 0 Å². The minimum Gasteiger partial charge on any atom is -0.383 e. The van der Waals surface area contributed by atoms with E-state index in [0.717, 1.165) is 6.54 Å². The Balaban J connectivity index is 2.88. The summed E-state index contributed by atoms with van der Waals surface area (Å²) in [6, 6.07) is 8.77. The summed E-state index contributed by atoms with van der Waals surface area (Å²) in [5.41, 5.74) is 1.33. The number of hydrogen-bond donors (Lipinski definition) is 1. The van der Waals surface area contributed by atoms with Gasteiger partial charge in [0, 0.05) is 12.0 Å². The maximum atomic E-state index is 5.24. The predicted octanol–water partition coefficient (Wildman–Crippen LogP) is 2.71. The highest BCUT2D eigenvalue weighted by Crippen LogP contribution is 2.25. The fourth-order valence-electron chi connectivity index (χ4n) is 1.63. The highest BCUT2D eigenvalue weighted by atomic mass is 32.2. The van der Waals surface area contributed by atoms with Crippen molar-refractivity contribution in [2.24, 2.45) is 0 Å². The molecule has 0 amide bonds. The molecule has 0 heterocycles. The van der Waals surface area contributed by atoms with E-state index < -0.39 is 0 Å². The van der Waals surface area contributed by atoms with Crippen LogP contribution in [0.5, 0.6) is 0 Å². The summed E-state index contributed by atoms with van der Waals surface area (Å²) in [7, 11) is 1.74. The van der Waals surface area contributed by atoms with E-state index in [1.165, 1.54) is 10.5 Å². The lowest BCUT2D eigenvalue weighted by Gasteiger charge is -2.19. The van der Waals surface area contributed by atoms with Gasteiger partial charge >= 0.3 is 0 Å². The molecule has 2 nitrogen and oxygen atoms in total. The molecule has 0 aromatic heterocycles. The van der Waals surface area contributed by atoms with Gasteiger partial charge in [0.25, 0.3) is 0 Å². The Hall–Kier alpha value is -0.510. The zero-order valence-corrected chi connectivity index (χ0v) is 10.4. The van der Waals surface area contributed by atoms with Crippen LogP contribution in [0.3, 0.4) is 0 Å². The van der Waals surface area contributed by atoms with Crippen LogP contribution in [0.15, 0.2) is 29.2 Å². The third-order valence-corrected chi connectivity index (χ3v) is 3.11. The SMILES string of the molecule is CCNC(COC)c1ccccc1SC. The van der Waals surface area contributed by atoms with Crippen molar-refractivity contribution in [2.75, 3.05) is 26.5 Å². The Kier molecular flexibility index (Phi) is 5.76. The minimum absolute atomic E-state index is 0.295. The standard InChI is InChI=1S/C12H19NOS/c1-4-13-11(9-14-2)10-7-5-6-8-12(10)15-3/h5-8,11,13H,4,9H2,1-3H3. The lowest BCUT2D eigenvalue weighted by molar-refractivity contribution is 0.167.